The number of aromatic nitrogens is 1. The molecule has 1 atom stereocenters. The molecular formula is C16H15N3OS. The summed E-state index contributed by atoms with van der Waals surface area (Å²) in [5.41, 5.74) is 2.70. The number of benzene rings is 1. The second-order valence-corrected chi connectivity index (χ2v) is 6.02. The Bertz CT molecular complexity index is 682. The molecule has 1 amide bonds. The van der Waals surface area contributed by atoms with E-state index in [0.29, 0.717) is 0 Å². The topological polar surface area (TPSA) is 45.6 Å². The molecule has 0 aliphatic carbocycles. The van der Waals surface area contributed by atoms with Crippen molar-refractivity contribution in [2.24, 2.45) is 5.10 Å². The van der Waals surface area contributed by atoms with Gasteiger partial charge in [0.15, 0.2) is 0 Å². The summed E-state index contributed by atoms with van der Waals surface area (Å²) >= 11 is 1.44. The first kappa shape index (κ1) is 13.8. The van der Waals surface area contributed by atoms with Gasteiger partial charge in [-0.05, 0) is 37.6 Å². The largest absolute Gasteiger partial charge is 0.271 e. The first-order valence-electron chi connectivity index (χ1n) is 6.68. The van der Waals surface area contributed by atoms with Crippen LogP contribution in [0.5, 0.6) is 0 Å². The fourth-order valence-corrected chi connectivity index (χ4v) is 3.00. The first-order chi connectivity index (χ1) is 10.1. The van der Waals surface area contributed by atoms with Crippen molar-refractivity contribution in [2.75, 3.05) is 5.01 Å². The molecule has 106 valence electrons. The average Bonchev–Trinajstić information content (AvgIpc) is 2.78. The summed E-state index contributed by atoms with van der Waals surface area (Å²) in [7, 11) is 0. The predicted molar refractivity (Wildman–Crippen MR) is 85.7 cm³/mol. The van der Waals surface area contributed by atoms with Gasteiger partial charge >= 0.3 is 0 Å². The molecule has 0 saturated heterocycles. The summed E-state index contributed by atoms with van der Waals surface area (Å²) in [5, 5.41) is 6.39. The monoisotopic (exact) mass is 297 g/mol. The van der Waals surface area contributed by atoms with Gasteiger partial charge in [-0.25, -0.2) is 4.98 Å². The number of hydrazone groups is 1. The molecule has 0 unspecified atom stereocenters. The van der Waals surface area contributed by atoms with Crippen LogP contribution in [0.4, 0.5) is 5.69 Å². The van der Waals surface area contributed by atoms with Crippen LogP contribution < -0.4 is 5.01 Å². The van der Waals surface area contributed by atoms with Gasteiger partial charge in [-0.15, -0.1) is 0 Å². The van der Waals surface area contributed by atoms with E-state index >= 15 is 0 Å². The molecule has 5 heteroatoms. The molecule has 3 rings (SSSR count). The van der Waals surface area contributed by atoms with Crippen LogP contribution in [0.3, 0.4) is 0 Å². The minimum Gasteiger partial charge on any atom is -0.271 e. The summed E-state index contributed by atoms with van der Waals surface area (Å²) in [5.74, 6) is -0.0222. The lowest BCUT2D eigenvalue weighted by Gasteiger charge is -2.13. The van der Waals surface area contributed by atoms with E-state index in [4.69, 9.17) is 0 Å². The molecular weight excluding hydrogens is 282 g/mol. The summed E-state index contributed by atoms with van der Waals surface area (Å²) in [6.07, 6.45) is 1.81. The third-order valence-corrected chi connectivity index (χ3v) is 4.46. The number of carbonyl (C=O) groups is 1. The molecule has 21 heavy (non-hydrogen) atoms. The summed E-state index contributed by atoms with van der Waals surface area (Å²) in [6.45, 7) is 3.87. The summed E-state index contributed by atoms with van der Waals surface area (Å²) in [4.78, 5) is 16.9. The fourth-order valence-electron chi connectivity index (χ4n) is 2.08. The molecule has 4 nitrogen and oxygen atoms in total. The lowest BCUT2D eigenvalue weighted by Crippen LogP contribution is -2.29. The second-order valence-electron chi connectivity index (χ2n) is 4.90. The zero-order valence-electron chi connectivity index (χ0n) is 11.9. The molecule has 2 aromatic rings. The first-order valence-corrected chi connectivity index (χ1v) is 7.56. The number of nitrogens with zero attached hydrogens (tertiary/aromatic N) is 3. The van der Waals surface area contributed by atoms with E-state index in [1.165, 1.54) is 16.8 Å². The zero-order chi connectivity index (χ0) is 14.8. The highest BCUT2D eigenvalue weighted by atomic mass is 32.2. The maximum absolute atomic E-state index is 12.6. The number of carbonyl (C=O) groups excluding carboxylic acids is 1. The van der Waals surface area contributed by atoms with Gasteiger partial charge in [0, 0.05) is 6.20 Å². The molecule has 2 heterocycles. The van der Waals surface area contributed by atoms with Crippen LogP contribution >= 0.6 is 11.8 Å². The highest BCUT2D eigenvalue weighted by molar-refractivity contribution is 8.01. The standard InChI is InChI=1S/C16H15N3OS/c1-11-8-9-14(17-10-11)21-15-12(2)18-19(16(15)20)13-6-4-3-5-7-13/h3-10,15H,1-2H3/t15-/m1/s1. The molecule has 0 fully saturated rings. The van der Waals surface area contributed by atoms with Gasteiger partial charge in [-0.3, -0.25) is 4.79 Å². The highest BCUT2D eigenvalue weighted by Gasteiger charge is 2.35. The number of amides is 1. The predicted octanol–water partition coefficient (Wildman–Crippen LogP) is 3.27. The van der Waals surface area contributed by atoms with Crippen molar-refractivity contribution in [1.82, 2.24) is 4.98 Å². The Morgan fingerprint density at radius 1 is 1.10 bits per heavy atom. The second kappa shape index (κ2) is 5.69. The molecule has 1 aliphatic rings. The van der Waals surface area contributed by atoms with Gasteiger partial charge in [0.2, 0.25) is 0 Å². The number of aryl methyl sites for hydroxylation is 1. The smallest absolute Gasteiger partial charge is 0.266 e. The van der Waals surface area contributed by atoms with Crippen molar-refractivity contribution in [2.45, 2.75) is 24.1 Å². The normalized spacial score (nSPS) is 18.0. The van der Waals surface area contributed by atoms with E-state index in [1.54, 1.807) is 0 Å². The fraction of sp³-hybridized carbons (Fsp3) is 0.188. The third kappa shape index (κ3) is 2.83. The number of hydrogen-bond donors (Lipinski definition) is 0. The number of rotatable bonds is 3. The highest BCUT2D eigenvalue weighted by Crippen LogP contribution is 2.30. The van der Waals surface area contributed by atoms with Crippen molar-refractivity contribution < 1.29 is 4.79 Å². The van der Waals surface area contributed by atoms with Crippen molar-refractivity contribution in [3.8, 4) is 0 Å². The van der Waals surface area contributed by atoms with Crippen LogP contribution in [-0.2, 0) is 4.79 Å². The lowest BCUT2D eigenvalue weighted by molar-refractivity contribution is -0.116. The minimum atomic E-state index is -0.305. The molecule has 0 spiro atoms. The van der Waals surface area contributed by atoms with Crippen molar-refractivity contribution in [3.05, 3.63) is 54.2 Å². The minimum absolute atomic E-state index is 0.0222. The molecule has 1 aliphatic heterocycles. The molecule has 1 aromatic carbocycles. The number of hydrogen-bond acceptors (Lipinski definition) is 4. The van der Waals surface area contributed by atoms with Crippen LogP contribution in [0, 0.1) is 6.92 Å². The van der Waals surface area contributed by atoms with E-state index < -0.39 is 0 Å². The maximum atomic E-state index is 12.6. The number of para-hydroxylation sites is 1. The van der Waals surface area contributed by atoms with Crippen LogP contribution in [0.1, 0.15) is 12.5 Å². The van der Waals surface area contributed by atoms with Crippen LogP contribution in [0.2, 0.25) is 0 Å². The Morgan fingerprint density at radius 3 is 2.52 bits per heavy atom. The van der Waals surface area contributed by atoms with Crippen molar-refractivity contribution >= 4 is 29.1 Å². The molecule has 0 radical (unpaired) electrons. The van der Waals surface area contributed by atoms with E-state index in [-0.39, 0.29) is 11.2 Å². The van der Waals surface area contributed by atoms with Gasteiger partial charge < -0.3 is 0 Å². The van der Waals surface area contributed by atoms with E-state index in [9.17, 15) is 4.79 Å². The van der Waals surface area contributed by atoms with Gasteiger partial charge in [-0.2, -0.15) is 10.1 Å². The van der Waals surface area contributed by atoms with Gasteiger partial charge in [0.25, 0.3) is 5.91 Å². The number of pyridine rings is 1. The Kier molecular flexibility index (Phi) is 3.75. The summed E-state index contributed by atoms with van der Waals surface area (Å²) < 4.78 is 0. The zero-order valence-corrected chi connectivity index (χ0v) is 12.7. The van der Waals surface area contributed by atoms with E-state index in [1.807, 2.05) is 62.5 Å². The third-order valence-electron chi connectivity index (χ3n) is 3.19. The van der Waals surface area contributed by atoms with Crippen molar-refractivity contribution in [1.29, 1.82) is 0 Å². The van der Waals surface area contributed by atoms with Gasteiger partial charge in [-0.1, -0.05) is 36.0 Å². The quantitative estimate of drug-likeness (QED) is 0.873. The average molecular weight is 297 g/mol. The number of anilines is 1. The Morgan fingerprint density at radius 2 is 1.86 bits per heavy atom. The van der Waals surface area contributed by atoms with Crippen LogP contribution in [-0.4, -0.2) is 21.9 Å². The Balaban J connectivity index is 1.81. The molecule has 0 saturated carbocycles. The molecule has 0 bridgehead atoms. The number of thioether (sulfide) groups is 1. The van der Waals surface area contributed by atoms with E-state index in [0.717, 1.165) is 22.0 Å². The van der Waals surface area contributed by atoms with Crippen LogP contribution in [0.15, 0.2) is 58.8 Å². The molecule has 0 N–H and O–H groups in total. The van der Waals surface area contributed by atoms with Gasteiger partial charge in [0.05, 0.1) is 16.4 Å². The van der Waals surface area contributed by atoms with Gasteiger partial charge in [0.1, 0.15) is 5.25 Å². The van der Waals surface area contributed by atoms with Crippen LogP contribution in [0.25, 0.3) is 0 Å². The maximum Gasteiger partial charge on any atom is 0.266 e. The van der Waals surface area contributed by atoms with E-state index in [2.05, 4.69) is 10.1 Å². The molecule has 1 aromatic heterocycles. The van der Waals surface area contributed by atoms with Crippen molar-refractivity contribution in [3.63, 3.8) is 0 Å². The summed E-state index contributed by atoms with van der Waals surface area (Å²) in [6, 6.07) is 13.4. The lowest BCUT2D eigenvalue weighted by atomic mass is 10.3. The Labute approximate surface area is 127 Å². The Hall–Kier alpha value is -2.14. The SMILES string of the molecule is CC1=NN(c2ccccc2)C(=O)[C@@H]1Sc1ccc(C)cn1.